The summed E-state index contributed by atoms with van der Waals surface area (Å²) >= 11 is 0. The van der Waals surface area contributed by atoms with Crippen LogP contribution < -0.4 is 11.4 Å². The lowest BCUT2D eigenvalue weighted by atomic mass is 10.1. The molecule has 29 heavy (non-hydrogen) atoms. The number of carbonyl (C=O) groups is 1. The largest absolute Gasteiger partial charge is 0.457 e. The lowest BCUT2D eigenvalue weighted by molar-refractivity contribution is -0.156. The molecule has 4 atom stereocenters. The fraction of sp³-hybridized carbons (Fsp3) is 0.650. The first kappa shape index (κ1) is 23.1. The fourth-order valence-corrected chi connectivity index (χ4v) is 3.34. The van der Waals surface area contributed by atoms with Gasteiger partial charge in [0.1, 0.15) is 18.0 Å². The molecule has 2 rings (SSSR count). The van der Waals surface area contributed by atoms with Crippen LogP contribution in [0.2, 0.25) is 0 Å². The van der Waals surface area contributed by atoms with Crippen molar-refractivity contribution in [2.45, 2.75) is 75.9 Å². The normalized spacial score (nSPS) is 23.8. The van der Waals surface area contributed by atoms with Gasteiger partial charge in [-0.15, -0.1) is 6.58 Å². The van der Waals surface area contributed by atoms with E-state index in [4.69, 9.17) is 15.2 Å². The van der Waals surface area contributed by atoms with E-state index >= 15 is 0 Å². The first-order valence-electron chi connectivity index (χ1n) is 10.1. The molecule has 9 heteroatoms. The summed E-state index contributed by atoms with van der Waals surface area (Å²) in [6.07, 6.45) is 6.15. The maximum atomic E-state index is 12.2. The van der Waals surface area contributed by atoms with E-state index in [-0.39, 0.29) is 12.2 Å². The minimum atomic E-state index is -1.32. The molecule has 0 bridgehead atoms. The number of allylic oxidation sites excluding steroid dienone is 1. The zero-order valence-corrected chi connectivity index (χ0v) is 16.6. The van der Waals surface area contributed by atoms with Crippen molar-refractivity contribution in [3.8, 4) is 0 Å². The van der Waals surface area contributed by atoms with Crippen molar-refractivity contribution in [3.05, 3.63) is 35.4 Å². The van der Waals surface area contributed by atoms with Crippen molar-refractivity contribution in [3.63, 3.8) is 0 Å². The van der Waals surface area contributed by atoms with Gasteiger partial charge in [0, 0.05) is 12.6 Å². The third-order valence-electron chi connectivity index (χ3n) is 4.92. The van der Waals surface area contributed by atoms with Crippen LogP contribution in [0.4, 0.5) is 5.82 Å². The standard InChI is InChI=1S/C20H31N3O6/c1-2-3-4-5-6-7-8-9-10-16(25)29-18-14(13-24)28-19(17(18)26)23-12-11-15(21)22-20(23)27/h2,11-12,14,17-19,24,26H,1,3-10,13H2,(H2,21,22,27)/t14-,17+,18-,19-/m1/s1. The molecule has 0 aliphatic carbocycles. The number of hydrogen-bond donors (Lipinski definition) is 3. The Morgan fingerprint density at radius 1 is 1.31 bits per heavy atom. The SMILES string of the molecule is C=CCCCCCCCCC(=O)O[C@H]1[C@H](O)[C@H](n2ccc(N)nc2=O)O[C@@H]1CO. The van der Waals surface area contributed by atoms with Crippen LogP contribution in [0.1, 0.15) is 57.6 Å². The number of aliphatic hydroxyl groups is 2. The Hall–Kier alpha value is -2.23. The van der Waals surface area contributed by atoms with E-state index in [1.54, 1.807) is 0 Å². The summed E-state index contributed by atoms with van der Waals surface area (Å²) < 4.78 is 11.9. The molecule has 0 radical (unpaired) electrons. The number of esters is 1. The predicted molar refractivity (Wildman–Crippen MR) is 107 cm³/mol. The molecule has 1 aromatic rings. The van der Waals surface area contributed by atoms with Gasteiger partial charge in [-0.1, -0.05) is 31.8 Å². The zero-order chi connectivity index (χ0) is 21.2. The minimum Gasteiger partial charge on any atom is -0.457 e. The number of anilines is 1. The average molecular weight is 409 g/mol. The Kier molecular flexibility index (Phi) is 9.30. The molecule has 0 saturated carbocycles. The molecule has 4 N–H and O–H groups in total. The van der Waals surface area contributed by atoms with Gasteiger partial charge in [0.15, 0.2) is 12.3 Å². The van der Waals surface area contributed by atoms with Gasteiger partial charge in [0.25, 0.3) is 0 Å². The van der Waals surface area contributed by atoms with E-state index in [1.807, 2.05) is 6.08 Å². The Morgan fingerprint density at radius 3 is 2.66 bits per heavy atom. The number of ether oxygens (including phenoxy) is 2. The number of aliphatic hydroxyl groups excluding tert-OH is 2. The Labute approximate surface area is 170 Å². The summed E-state index contributed by atoms with van der Waals surface area (Å²) in [7, 11) is 0. The van der Waals surface area contributed by atoms with E-state index < -0.39 is 42.8 Å². The molecule has 1 fully saturated rings. The molecule has 0 unspecified atom stereocenters. The van der Waals surface area contributed by atoms with E-state index in [0.29, 0.717) is 6.42 Å². The quantitative estimate of drug-likeness (QED) is 0.267. The van der Waals surface area contributed by atoms with Gasteiger partial charge in [-0.3, -0.25) is 9.36 Å². The second kappa shape index (κ2) is 11.7. The molecule has 1 saturated heterocycles. The summed E-state index contributed by atoms with van der Waals surface area (Å²) in [6.45, 7) is 3.23. The number of rotatable bonds is 12. The third kappa shape index (κ3) is 6.66. The van der Waals surface area contributed by atoms with Crippen LogP contribution in [0.3, 0.4) is 0 Å². The lowest BCUT2D eigenvalue weighted by Gasteiger charge is -2.20. The van der Waals surface area contributed by atoms with Crippen molar-refractivity contribution in [1.82, 2.24) is 9.55 Å². The molecular formula is C20H31N3O6. The number of aromatic nitrogens is 2. The highest BCUT2D eigenvalue weighted by atomic mass is 16.6. The fourth-order valence-electron chi connectivity index (χ4n) is 3.34. The summed E-state index contributed by atoms with van der Waals surface area (Å²) in [5.41, 5.74) is 4.76. The average Bonchev–Trinajstić information content (AvgIpc) is 2.99. The van der Waals surface area contributed by atoms with Crippen LogP contribution in [-0.2, 0) is 14.3 Å². The number of unbranched alkanes of at least 4 members (excludes halogenated alkanes) is 6. The highest BCUT2D eigenvalue weighted by Gasteiger charge is 2.47. The van der Waals surface area contributed by atoms with Crippen molar-refractivity contribution < 1.29 is 24.5 Å². The van der Waals surface area contributed by atoms with Crippen molar-refractivity contribution >= 4 is 11.8 Å². The monoisotopic (exact) mass is 409 g/mol. The van der Waals surface area contributed by atoms with Crippen LogP contribution in [0, 0.1) is 0 Å². The molecule has 2 heterocycles. The zero-order valence-electron chi connectivity index (χ0n) is 16.6. The second-order valence-electron chi connectivity index (χ2n) is 7.18. The molecule has 0 aromatic carbocycles. The van der Waals surface area contributed by atoms with Crippen LogP contribution in [0.15, 0.2) is 29.7 Å². The molecule has 0 amide bonds. The van der Waals surface area contributed by atoms with Gasteiger partial charge in [-0.2, -0.15) is 4.98 Å². The summed E-state index contributed by atoms with van der Waals surface area (Å²) in [5, 5.41) is 20.0. The molecule has 1 aliphatic rings. The summed E-state index contributed by atoms with van der Waals surface area (Å²) in [5.74, 6) is -0.424. The minimum absolute atomic E-state index is 0.0427. The van der Waals surface area contributed by atoms with E-state index in [1.165, 1.54) is 12.3 Å². The van der Waals surface area contributed by atoms with E-state index in [2.05, 4.69) is 11.6 Å². The molecule has 0 spiro atoms. The third-order valence-corrected chi connectivity index (χ3v) is 4.92. The Bertz CT molecular complexity index is 722. The predicted octanol–water partition coefficient (Wildman–Crippen LogP) is 1.29. The van der Waals surface area contributed by atoms with E-state index in [9.17, 15) is 19.8 Å². The first-order valence-corrected chi connectivity index (χ1v) is 10.1. The molecule has 162 valence electrons. The maximum absolute atomic E-state index is 12.2. The number of carbonyl (C=O) groups excluding carboxylic acids is 1. The molecule has 1 aromatic heterocycles. The van der Waals surface area contributed by atoms with Gasteiger partial charge in [-0.25, -0.2) is 4.79 Å². The van der Waals surface area contributed by atoms with Crippen molar-refractivity contribution in [2.75, 3.05) is 12.3 Å². The van der Waals surface area contributed by atoms with Gasteiger partial charge >= 0.3 is 11.7 Å². The van der Waals surface area contributed by atoms with Crippen LogP contribution in [-0.4, -0.2) is 50.7 Å². The van der Waals surface area contributed by atoms with Crippen molar-refractivity contribution in [1.29, 1.82) is 0 Å². The highest BCUT2D eigenvalue weighted by Crippen LogP contribution is 2.30. The van der Waals surface area contributed by atoms with Gasteiger partial charge in [0.2, 0.25) is 0 Å². The van der Waals surface area contributed by atoms with Gasteiger partial charge in [0.05, 0.1) is 6.61 Å². The smallest absolute Gasteiger partial charge is 0.351 e. The van der Waals surface area contributed by atoms with Crippen molar-refractivity contribution in [2.24, 2.45) is 0 Å². The summed E-state index contributed by atoms with van der Waals surface area (Å²) in [4.78, 5) is 27.7. The van der Waals surface area contributed by atoms with E-state index in [0.717, 1.165) is 43.1 Å². The molecule has 1 aliphatic heterocycles. The topological polar surface area (TPSA) is 137 Å². The first-order chi connectivity index (χ1) is 14.0. The Balaban J connectivity index is 1.82. The molecule has 9 nitrogen and oxygen atoms in total. The van der Waals surface area contributed by atoms with Gasteiger partial charge in [-0.05, 0) is 25.3 Å². The number of nitrogens with two attached hydrogens (primary N) is 1. The highest BCUT2D eigenvalue weighted by molar-refractivity contribution is 5.69. The van der Waals surface area contributed by atoms with Crippen LogP contribution >= 0.6 is 0 Å². The number of hydrogen-bond acceptors (Lipinski definition) is 8. The lowest BCUT2D eigenvalue weighted by Crippen LogP contribution is -2.39. The number of nitrogen functional groups attached to an aromatic ring is 1. The number of nitrogens with zero attached hydrogens (tertiary/aromatic N) is 2. The summed E-state index contributed by atoms with van der Waals surface area (Å²) in [6, 6.07) is 1.39. The van der Waals surface area contributed by atoms with Crippen LogP contribution in [0.25, 0.3) is 0 Å². The maximum Gasteiger partial charge on any atom is 0.351 e. The molecular weight excluding hydrogens is 378 g/mol. The van der Waals surface area contributed by atoms with Crippen LogP contribution in [0.5, 0.6) is 0 Å². The second-order valence-corrected chi connectivity index (χ2v) is 7.18. The van der Waals surface area contributed by atoms with Gasteiger partial charge < -0.3 is 25.4 Å². The Morgan fingerprint density at radius 2 is 2.00 bits per heavy atom.